The minimum absolute atomic E-state index is 0.544. The summed E-state index contributed by atoms with van der Waals surface area (Å²) < 4.78 is 0. The second-order valence-electron chi connectivity index (χ2n) is 6.40. The number of nitrogens with one attached hydrogen (secondary N) is 2. The first-order chi connectivity index (χ1) is 9.56. The van der Waals surface area contributed by atoms with Crippen LogP contribution in [0.15, 0.2) is 6.07 Å². The Balaban J connectivity index is 2.02. The van der Waals surface area contributed by atoms with Crippen LogP contribution in [-0.4, -0.2) is 22.6 Å². The smallest absolute Gasteiger partial charge is 0.224 e. The summed E-state index contributed by atoms with van der Waals surface area (Å²) in [6, 6.07) is 2.59. The van der Waals surface area contributed by atoms with Crippen molar-refractivity contribution < 1.29 is 0 Å². The normalized spacial score (nSPS) is 26.3. The van der Waals surface area contributed by atoms with Gasteiger partial charge in [0.2, 0.25) is 5.95 Å². The van der Waals surface area contributed by atoms with Crippen molar-refractivity contribution in [2.24, 2.45) is 11.8 Å². The van der Waals surface area contributed by atoms with Crippen LogP contribution in [0.25, 0.3) is 0 Å². The zero-order valence-electron chi connectivity index (χ0n) is 13.2. The molecule has 4 heteroatoms. The quantitative estimate of drug-likeness (QED) is 0.858. The SMILES string of the molecule is CCCNc1nc(C)cc(NC2CC(C)CC(C)C2)n1. The van der Waals surface area contributed by atoms with Gasteiger partial charge in [-0.05, 0) is 44.4 Å². The Labute approximate surface area is 122 Å². The summed E-state index contributed by atoms with van der Waals surface area (Å²) >= 11 is 0. The van der Waals surface area contributed by atoms with E-state index in [1.807, 2.05) is 13.0 Å². The molecule has 1 aromatic rings. The number of aryl methyl sites for hydroxylation is 1. The molecule has 0 radical (unpaired) electrons. The molecule has 0 aromatic carbocycles. The minimum Gasteiger partial charge on any atom is -0.367 e. The molecular formula is C16H28N4. The number of nitrogens with zero attached hydrogens (tertiary/aromatic N) is 2. The van der Waals surface area contributed by atoms with Crippen LogP contribution in [-0.2, 0) is 0 Å². The molecule has 0 saturated heterocycles. The van der Waals surface area contributed by atoms with Gasteiger partial charge in [0.1, 0.15) is 5.82 Å². The van der Waals surface area contributed by atoms with E-state index in [1.54, 1.807) is 0 Å². The average molecular weight is 276 g/mol. The summed E-state index contributed by atoms with van der Waals surface area (Å²) in [6.07, 6.45) is 4.91. The van der Waals surface area contributed by atoms with Gasteiger partial charge in [-0.1, -0.05) is 20.8 Å². The molecule has 1 saturated carbocycles. The van der Waals surface area contributed by atoms with Crippen molar-refractivity contribution >= 4 is 11.8 Å². The lowest BCUT2D eigenvalue weighted by molar-refractivity contribution is 0.280. The summed E-state index contributed by atoms with van der Waals surface area (Å²) in [4.78, 5) is 9.01. The molecule has 1 aliphatic carbocycles. The van der Waals surface area contributed by atoms with Crippen LogP contribution >= 0.6 is 0 Å². The van der Waals surface area contributed by atoms with Gasteiger partial charge >= 0.3 is 0 Å². The molecule has 4 nitrogen and oxygen atoms in total. The number of aromatic nitrogens is 2. The summed E-state index contributed by atoms with van der Waals surface area (Å²) in [5.74, 6) is 3.31. The van der Waals surface area contributed by atoms with Crippen molar-refractivity contribution in [3.63, 3.8) is 0 Å². The highest BCUT2D eigenvalue weighted by molar-refractivity contribution is 5.43. The van der Waals surface area contributed by atoms with Crippen molar-refractivity contribution in [2.75, 3.05) is 17.2 Å². The fraction of sp³-hybridized carbons (Fsp3) is 0.750. The lowest BCUT2D eigenvalue weighted by Gasteiger charge is -2.32. The molecule has 0 bridgehead atoms. The van der Waals surface area contributed by atoms with Crippen molar-refractivity contribution in [1.82, 2.24) is 9.97 Å². The van der Waals surface area contributed by atoms with Gasteiger partial charge in [0, 0.05) is 24.3 Å². The fourth-order valence-electron chi connectivity index (χ4n) is 3.23. The maximum absolute atomic E-state index is 4.58. The molecule has 1 aromatic heterocycles. The first kappa shape index (κ1) is 15.1. The van der Waals surface area contributed by atoms with Crippen molar-refractivity contribution in [1.29, 1.82) is 0 Å². The fourth-order valence-corrected chi connectivity index (χ4v) is 3.23. The van der Waals surface area contributed by atoms with Crippen molar-refractivity contribution in [3.8, 4) is 0 Å². The summed E-state index contributed by atoms with van der Waals surface area (Å²) in [7, 11) is 0. The molecule has 20 heavy (non-hydrogen) atoms. The standard InChI is InChI=1S/C16H28N4/c1-5-6-17-16-18-13(4)10-15(20-16)19-14-8-11(2)7-12(3)9-14/h10-12,14H,5-9H2,1-4H3,(H2,17,18,19,20). The number of hydrogen-bond acceptors (Lipinski definition) is 4. The van der Waals surface area contributed by atoms with Gasteiger partial charge in [0.15, 0.2) is 0 Å². The second-order valence-corrected chi connectivity index (χ2v) is 6.40. The molecule has 2 atom stereocenters. The van der Waals surface area contributed by atoms with E-state index in [-0.39, 0.29) is 0 Å². The summed E-state index contributed by atoms with van der Waals surface area (Å²) in [5, 5.41) is 6.88. The van der Waals surface area contributed by atoms with Gasteiger partial charge < -0.3 is 10.6 Å². The topological polar surface area (TPSA) is 49.8 Å². The molecule has 2 unspecified atom stereocenters. The maximum atomic E-state index is 4.58. The van der Waals surface area contributed by atoms with Crippen molar-refractivity contribution in [3.05, 3.63) is 11.8 Å². The van der Waals surface area contributed by atoms with Gasteiger partial charge in [-0.15, -0.1) is 0 Å². The molecule has 0 aliphatic heterocycles. The maximum Gasteiger partial charge on any atom is 0.224 e. The van der Waals surface area contributed by atoms with E-state index in [0.717, 1.165) is 42.3 Å². The van der Waals surface area contributed by atoms with Crippen LogP contribution in [0.4, 0.5) is 11.8 Å². The Morgan fingerprint density at radius 3 is 2.50 bits per heavy atom. The summed E-state index contributed by atoms with van der Waals surface area (Å²) in [5.41, 5.74) is 1.01. The third kappa shape index (κ3) is 4.36. The third-order valence-electron chi connectivity index (χ3n) is 3.92. The van der Waals surface area contributed by atoms with Gasteiger partial charge in [0.25, 0.3) is 0 Å². The van der Waals surface area contributed by atoms with E-state index in [9.17, 15) is 0 Å². The van der Waals surface area contributed by atoms with E-state index in [0.29, 0.717) is 6.04 Å². The largest absolute Gasteiger partial charge is 0.367 e. The highest BCUT2D eigenvalue weighted by Crippen LogP contribution is 2.30. The van der Waals surface area contributed by atoms with Crippen LogP contribution < -0.4 is 10.6 Å². The van der Waals surface area contributed by atoms with Crippen LogP contribution in [0.1, 0.15) is 52.1 Å². The molecule has 1 aliphatic rings. The van der Waals surface area contributed by atoms with E-state index < -0.39 is 0 Å². The highest BCUT2D eigenvalue weighted by atomic mass is 15.1. The lowest BCUT2D eigenvalue weighted by Crippen LogP contribution is -2.30. The van der Waals surface area contributed by atoms with Crippen molar-refractivity contribution in [2.45, 2.75) is 59.4 Å². The van der Waals surface area contributed by atoms with Crippen LogP contribution in [0.3, 0.4) is 0 Å². The highest BCUT2D eigenvalue weighted by Gasteiger charge is 2.24. The predicted octanol–water partition coefficient (Wildman–Crippen LogP) is 3.84. The first-order valence-electron chi connectivity index (χ1n) is 7.93. The number of anilines is 2. The zero-order valence-corrected chi connectivity index (χ0v) is 13.2. The Morgan fingerprint density at radius 1 is 1.15 bits per heavy atom. The molecule has 1 fully saturated rings. The van der Waals surface area contributed by atoms with Crippen LogP contribution in [0.5, 0.6) is 0 Å². The molecule has 0 amide bonds. The number of rotatable bonds is 5. The van der Waals surface area contributed by atoms with Gasteiger partial charge in [-0.2, -0.15) is 4.98 Å². The Kier molecular flexibility index (Phi) is 5.21. The Bertz CT molecular complexity index is 422. The molecule has 2 N–H and O–H groups in total. The van der Waals surface area contributed by atoms with Gasteiger partial charge in [-0.25, -0.2) is 4.98 Å². The average Bonchev–Trinajstić information content (AvgIpc) is 2.34. The zero-order chi connectivity index (χ0) is 14.5. The molecule has 2 rings (SSSR count). The summed E-state index contributed by atoms with van der Waals surface area (Å²) in [6.45, 7) is 9.79. The van der Waals surface area contributed by atoms with Gasteiger partial charge in [-0.3, -0.25) is 0 Å². The monoisotopic (exact) mass is 276 g/mol. The Hall–Kier alpha value is -1.32. The molecule has 0 spiro atoms. The molecule has 1 heterocycles. The van der Waals surface area contributed by atoms with E-state index >= 15 is 0 Å². The minimum atomic E-state index is 0.544. The Morgan fingerprint density at radius 2 is 1.85 bits per heavy atom. The molecular weight excluding hydrogens is 248 g/mol. The predicted molar refractivity (Wildman–Crippen MR) is 85.1 cm³/mol. The molecule has 112 valence electrons. The van der Waals surface area contributed by atoms with E-state index in [1.165, 1.54) is 19.3 Å². The number of hydrogen-bond donors (Lipinski definition) is 2. The first-order valence-corrected chi connectivity index (χ1v) is 7.93. The third-order valence-corrected chi connectivity index (χ3v) is 3.92. The van der Waals surface area contributed by atoms with Gasteiger partial charge in [0.05, 0.1) is 0 Å². The van der Waals surface area contributed by atoms with E-state index in [4.69, 9.17) is 0 Å². The lowest BCUT2D eigenvalue weighted by atomic mass is 9.80. The van der Waals surface area contributed by atoms with Crippen LogP contribution in [0.2, 0.25) is 0 Å². The van der Waals surface area contributed by atoms with E-state index in [2.05, 4.69) is 41.4 Å². The van der Waals surface area contributed by atoms with Crippen LogP contribution in [0, 0.1) is 18.8 Å². The second kappa shape index (κ2) is 6.91.